The lowest BCUT2D eigenvalue weighted by Gasteiger charge is -2.27. The Morgan fingerprint density at radius 2 is 2.00 bits per heavy atom. The van der Waals surface area contributed by atoms with E-state index < -0.39 is 0 Å². The van der Waals surface area contributed by atoms with Crippen molar-refractivity contribution in [3.05, 3.63) is 0 Å². The van der Waals surface area contributed by atoms with E-state index in [1.165, 1.54) is 52.0 Å². The minimum Gasteiger partial charge on any atom is -0.301 e. The highest BCUT2D eigenvalue weighted by molar-refractivity contribution is 9.09. The molecule has 0 bridgehead atoms. The summed E-state index contributed by atoms with van der Waals surface area (Å²) in [6, 6.07) is 0.777. The fraction of sp³-hybridized carbons (Fsp3) is 1.00. The van der Waals surface area contributed by atoms with Crippen molar-refractivity contribution < 1.29 is 0 Å². The summed E-state index contributed by atoms with van der Waals surface area (Å²) in [5, 5.41) is 1.11. The van der Waals surface area contributed by atoms with Crippen molar-refractivity contribution in [2.24, 2.45) is 0 Å². The molecule has 2 nitrogen and oxygen atoms in total. The van der Waals surface area contributed by atoms with Crippen LogP contribution in [0.2, 0.25) is 0 Å². The maximum absolute atomic E-state index is 3.52. The highest BCUT2D eigenvalue weighted by Gasteiger charge is 2.17. The van der Waals surface area contributed by atoms with Gasteiger partial charge in [-0.25, -0.2) is 0 Å². The van der Waals surface area contributed by atoms with E-state index in [0.29, 0.717) is 0 Å². The van der Waals surface area contributed by atoms with Crippen molar-refractivity contribution in [3.63, 3.8) is 0 Å². The van der Waals surface area contributed by atoms with E-state index in [2.05, 4.69) is 39.6 Å². The maximum atomic E-state index is 3.52. The fourth-order valence-electron chi connectivity index (χ4n) is 2.38. The van der Waals surface area contributed by atoms with Gasteiger partial charge in [0.15, 0.2) is 0 Å². The molecule has 1 fully saturated rings. The SMILES string of the molecule is CCCC(C)N1CCCN(CCBr)CC1. The molecule has 0 aromatic rings. The first-order valence-electron chi connectivity index (χ1n) is 6.30. The van der Waals surface area contributed by atoms with Crippen LogP contribution in [0.25, 0.3) is 0 Å². The van der Waals surface area contributed by atoms with Crippen LogP contribution in [0.5, 0.6) is 0 Å². The Hall–Kier alpha value is 0.400. The van der Waals surface area contributed by atoms with Gasteiger partial charge in [-0.1, -0.05) is 29.3 Å². The summed E-state index contributed by atoms with van der Waals surface area (Å²) < 4.78 is 0. The maximum Gasteiger partial charge on any atom is 0.0159 e. The quantitative estimate of drug-likeness (QED) is 0.713. The summed E-state index contributed by atoms with van der Waals surface area (Å²) in [6.07, 6.45) is 3.99. The second-order valence-corrected chi connectivity index (χ2v) is 5.35. The summed E-state index contributed by atoms with van der Waals surface area (Å²) in [5.41, 5.74) is 0. The van der Waals surface area contributed by atoms with Gasteiger partial charge in [0.05, 0.1) is 0 Å². The lowest BCUT2D eigenvalue weighted by Crippen LogP contribution is -2.37. The van der Waals surface area contributed by atoms with Gasteiger partial charge in [0.25, 0.3) is 0 Å². The molecular formula is C12H25BrN2. The lowest BCUT2D eigenvalue weighted by molar-refractivity contribution is 0.201. The van der Waals surface area contributed by atoms with Gasteiger partial charge in [-0.15, -0.1) is 0 Å². The molecule has 0 aromatic heterocycles. The fourth-order valence-corrected chi connectivity index (χ4v) is 2.88. The third-order valence-corrected chi connectivity index (χ3v) is 3.71. The molecule has 0 aliphatic carbocycles. The molecule has 0 N–H and O–H groups in total. The van der Waals surface area contributed by atoms with Crippen LogP contribution in [0.15, 0.2) is 0 Å². The predicted molar refractivity (Wildman–Crippen MR) is 70.8 cm³/mol. The molecule has 1 aliphatic heterocycles. The van der Waals surface area contributed by atoms with E-state index in [-0.39, 0.29) is 0 Å². The van der Waals surface area contributed by atoms with Crippen molar-refractivity contribution in [2.75, 3.05) is 38.1 Å². The molecule has 3 heteroatoms. The van der Waals surface area contributed by atoms with Gasteiger partial charge in [0.2, 0.25) is 0 Å². The molecule has 0 saturated carbocycles. The van der Waals surface area contributed by atoms with Gasteiger partial charge >= 0.3 is 0 Å². The average molecular weight is 277 g/mol. The summed E-state index contributed by atoms with van der Waals surface area (Å²) >= 11 is 3.52. The zero-order valence-corrected chi connectivity index (χ0v) is 11.8. The number of halogens is 1. The number of rotatable bonds is 5. The third-order valence-electron chi connectivity index (χ3n) is 3.35. The van der Waals surface area contributed by atoms with Crippen LogP contribution in [0.3, 0.4) is 0 Å². The lowest BCUT2D eigenvalue weighted by atomic mass is 10.1. The molecule has 0 spiro atoms. The van der Waals surface area contributed by atoms with Crippen molar-refractivity contribution in [1.29, 1.82) is 0 Å². The van der Waals surface area contributed by atoms with E-state index in [0.717, 1.165) is 11.4 Å². The summed E-state index contributed by atoms with van der Waals surface area (Å²) in [5.74, 6) is 0. The van der Waals surface area contributed by atoms with Gasteiger partial charge < -0.3 is 4.90 Å². The normalized spacial score (nSPS) is 22.6. The zero-order valence-electron chi connectivity index (χ0n) is 10.2. The standard InChI is InChI=1S/C12H25BrN2/c1-3-5-12(2)15-8-4-7-14(9-6-13)10-11-15/h12H,3-11H2,1-2H3. The summed E-state index contributed by atoms with van der Waals surface area (Å²) in [7, 11) is 0. The molecule has 15 heavy (non-hydrogen) atoms. The highest BCUT2D eigenvalue weighted by atomic mass is 79.9. The first-order valence-corrected chi connectivity index (χ1v) is 7.42. The van der Waals surface area contributed by atoms with Crippen molar-refractivity contribution in [1.82, 2.24) is 9.80 Å². The average Bonchev–Trinajstić information content (AvgIpc) is 2.44. The Kier molecular flexibility index (Phi) is 6.86. The predicted octanol–water partition coefficient (Wildman–Crippen LogP) is 2.58. The molecule has 0 amide bonds. The Labute approximate surface area is 103 Å². The summed E-state index contributed by atoms with van der Waals surface area (Å²) in [6.45, 7) is 10.9. The number of hydrogen-bond acceptors (Lipinski definition) is 2. The second-order valence-electron chi connectivity index (χ2n) is 4.56. The van der Waals surface area contributed by atoms with Crippen molar-refractivity contribution in [3.8, 4) is 0 Å². The van der Waals surface area contributed by atoms with Gasteiger partial charge in [0, 0.05) is 31.0 Å². The smallest absolute Gasteiger partial charge is 0.0159 e. The molecule has 1 saturated heterocycles. The van der Waals surface area contributed by atoms with E-state index in [9.17, 15) is 0 Å². The van der Waals surface area contributed by atoms with Gasteiger partial charge in [-0.2, -0.15) is 0 Å². The number of hydrogen-bond donors (Lipinski definition) is 0. The first kappa shape index (κ1) is 13.5. The van der Waals surface area contributed by atoms with Gasteiger partial charge in [-0.3, -0.25) is 4.90 Å². The monoisotopic (exact) mass is 276 g/mol. The van der Waals surface area contributed by atoms with E-state index in [1.54, 1.807) is 0 Å². The molecular weight excluding hydrogens is 252 g/mol. The van der Waals surface area contributed by atoms with Crippen LogP contribution in [-0.4, -0.2) is 53.9 Å². The van der Waals surface area contributed by atoms with E-state index >= 15 is 0 Å². The van der Waals surface area contributed by atoms with Crippen LogP contribution in [0.4, 0.5) is 0 Å². The highest BCUT2D eigenvalue weighted by Crippen LogP contribution is 2.10. The van der Waals surface area contributed by atoms with Crippen LogP contribution in [0.1, 0.15) is 33.1 Å². The second kappa shape index (κ2) is 7.64. The molecule has 1 unspecified atom stereocenters. The van der Waals surface area contributed by atoms with Crippen LogP contribution in [0, 0.1) is 0 Å². The Morgan fingerprint density at radius 1 is 1.20 bits per heavy atom. The van der Waals surface area contributed by atoms with E-state index in [4.69, 9.17) is 0 Å². The molecule has 90 valence electrons. The van der Waals surface area contributed by atoms with Crippen LogP contribution < -0.4 is 0 Å². The minimum atomic E-state index is 0.777. The molecule has 1 rings (SSSR count). The number of alkyl halides is 1. The molecule has 1 heterocycles. The Bertz CT molecular complexity index is 164. The Balaban J connectivity index is 2.31. The largest absolute Gasteiger partial charge is 0.301 e. The van der Waals surface area contributed by atoms with Crippen LogP contribution >= 0.6 is 15.9 Å². The third kappa shape index (κ3) is 4.83. The van der Waals surface area contributed by atoms with Crippen molar-refractivity contribution in [2.45, 2.75) is 39.2 Å². The molecule has 1 aliphatic rings. The van der Waals surface area contributed by atoms with Gasteiger partial charge in [0.1, 0.15) is 0 Å². The first-order chi connectivity index (χ1) is 7.27. The molecule has 0 aromatic carbocycles. The van der Waals surface area contributed by atoms with Crippen molar-refractivity contribution >= 4 is 15.9 Å². The Morgan fingerprint density at radius 3 is 2.67 bits per heavy atom. The van der Waals surface area contributed by atoms with E-state index in [1.807, 2.05) is 0 Å². The number of nitrogens with zero attached hydrogens (tertiary/aromatic N) is 2. The minimum absolute atomic E-state index is 0.777. The zero-order chi connectivity index (χ0) is 11.1. The molecule has 0 radical (unpaired) electrons. The van der Waals surface area contributed by atoms with Crippen LogP contribution in [-0.2, 0) is 0 Å². The topological polar surface area (TPSA) is 6.48 Å². The van der Waals surface area contributed by atoms with Gasteiger partial charge in [-0.05, 0) is 32.9 Å². The molecule has 1 atom stereocenters. The summed E-state index contributed by atoms with van der Waals surface area (Å²) in [4.78, 5) is 5.24.